The predicted octanol–water partition coefficient (Wildman–Crippen LogP) is 4.49. The lowest BCUT2D eigenvalue weighted by atomic mass is 10.1. The zero-order valence-corrected chi connectivity index (χ0v) is 16.7. The van der Waals surface area contributed by atoms with Gasteiger partial charge in [-0.1, -0.05) is 47.1 Å². The van der Waals surface area contributed by atoms with Gasteiger partial charge in [-0.3, -0.25) is 9.59 Å². The van der Waals surface area contributed by atoms with E-state index in [4.69, 9.17) is 0 Å². The molecule has 1 N–H and O–H groups in total. The molecule has 1 aliphatic heterocycles. The lowest BCUT2D eigenvalue weighted by Crippen LogP contribution is -2.27. The second-order valence-electron chi connectivity index (χ2n) is 6.60. The van der Waals surface area contributed by atoms with Gasteiger partial charge in [0.25, 0.3) is 0 Å². The molecule has 0 saturated heterocycles. The van der Waals surface area contributed by atoms with Crippen molar-refractivity contribution in [3.05, 3.63) is 57.6 Å². The molecule has 0 aliphatic carbocycles. The van der Waals surface area contributed by atoms with E-state index >= 15 is 0 Å². The van der Waals surface area contributed by atoms with Crippen molar-refractivity contribution in [1.29, 1.82) is 0 Å². The molecule has 0 atom stereocenters. The number of fused-ring (bicyclic) bond motifs is 1. The molecular formula is C21H23BrN2O2. The molecule has 2 aromatic rings. The van der Waals surface area contributed by atoms with Crippen LogP contribution in [0.2, 0.25) is 0 Å². The summed E-state index contributed by atoms with van der Waals surface area (Å²) in [5.74, 6) is -0.0437. The molecule has 2 aromatic carbocycles. The highest BCUT2D eigenvalue weighted by Crippen LogP contribution is 2.38. The van der Waals surface area contributed by atoms with Crippen LogP contribution in [0.1, 0.15) is 37.0 Å². The van der Waals surface area contributed by atoms with Crippen LogP contribution in [0, 0.1) is 0 Å². The quantitative estimate of drug-likeness (QED) is 0.782. The Bertz CT molecular complexity index is 831. The summed E-state index contributed by atoms with van der Waals surface area (Å²) in [6.07, 6.45) is 2.93. The topological polar surface area (TPSA) is 49.4 Å². The van der Waals surface area contributed by atoms with Gasteiger partial charge in [-0.15, -0.1) is 0 Å². The molecular weight excluding hydrogens is 392 g/mol. The number of anilines is 2. The van der Waals surface area contributed by atoms with Crippen molar-refractivity contribution in [3.63, 3.8) is 0 Å². The van der Waals surface area contributed by atoms with Crippen molar-refractivity contribution in [2.45, 2.75) is 39.5 Å². The molecule has 4 nitrogen and oxygen atoms in total. The second kappa shape index (κ2) is 8.04. The Morgan fingerprint density at radius 1 is 1.15 bits per heavy atom. The van der Waals surface area contributed by atoms with Gasteiger partial charge in [0, 0.05) is 24.4 Å². The van der Waals surface area contributed by atoms with Crippen LogP contribution >= 0.6 is 15.9 Å². The first-order chi connectivity index (χ1) is 12.5. The number of amides is 2. The largest absolute Gasteiger partial charge is 0.324 e. The molecule has 0 radical (unpaired) electrons. The van der Waals surface area contributed by atoms with Gasteiger partial charge in [0.05, 0.1) is 11.4 Å². The summed E-state index contributed by atoms with van der Waals surface area (Å²) in [5, 5.41) is 3.00. The molecule has 0 unspecified atom stereocenters. The molecule has 136 valence electrons. The summed E-state index contributed by atoms with van der Waals surface area (Å²) >= 11 is 3.50. The fraction of sp³-hybridized carbons (Fsp3) is 0.333. The Kier molecular flexibility index (Phi) is 5.77. The van der Waals surface area contributed by atoms with Gasteiger partial charge < -0.3 is 10.2 Å². The van der Waals surface area contributed by atoms with Gasteiger partial charge in [-0.2, -0.15) is 0 Å². The zero-order valence-electron chi connectivity index (χ0n) is 15.1. The number of nitrogens with zero attached hydrogens (tertiary/aromatic N) is 1. The number of halogens is 1. The molecule has 0 bridgehead atoms. The van der Waals surface area contributed by atoms with Crippen LogP contribution in [0.4, 0.5) is 11.4 Å². The molecule has 1 aliphatic rings. The van der Waals surface area contributed by atoms with Crippen molar-refractivity contribution < 1.29 is 9.59 Å². The lowest BCUT2D eigenvalue weighted by Gasteiger charge is -2.19. The average Bonchev–Trinajstić information content (AvgIpc) is 3.04. The maximum absolute atomic E-state index is 12.5. The third-order valence-electron chi connectivity index (χ3n) is 4.75. The summed E-state index contributed by atoms with van der Waals surface area (Å²) in [5.41, 5.74) is 5.07. The standard InChI is InChI=1S/C21H23BrN2O2/c1-3-15-4-6-16(7-5-15)8-9-20(26)23-19-13-18(22)12-17-10-11-24(14(2)25)21(17)19/h4-7,12-13H,3,8-11H2,1-2H3,(H,23,26). The zero-order chi connectivity index (χ0) is 18.7. The number of carbonyl (C=O) groups is 2. The molecule has 3 rings (SSSR count). The van der Waals surface area contributed by atoms with E-state index in [1.807, 2.05) is 12.1 Å². The molecule has 0 spiro atoms. The van der Waals surface area contributed by atoms with E-state index in [2.05, 4.69) is 52.4 Å². The van der Waals surface area contributed by atoms with Crippen LogP contribution in [0.5, 0.6) is 0 Å². The highest BCUT2D eigenvalue weighted by atomic mass is 79.9. The number of hydrogen-bond donors (Lipinski definition) is 1. The van der Waals surface area contributed by atoms with Gasteiger partial charge in [-0.05, 0) is 48.1 Å². The van der Waals surface area contributed by atoms with Crippen LogP contribution in [0.15, 0.2) is 40.9 Å². The molecule has 5 heteroatoms. The highest BCUT2D eigenvalue weighted by Gasteiger charge is 2.26. The third-order valence-corrected chi connectivity index (χ3v) is 5.21. The van der Waals surface area contributed by atoms with Crippen molar-refractivity contribution in [2.75, 3.05) is 16.8 Å². The van der Waals surface area contributed by atoms with E-state index < -0.39 is 0 Å². The Balaban J connectivity index is 1.70. The Morgan fingerprint density at radius 2 is 1.85 bits per heavy atom. The fourth-order valence-corrected chi connectivity index (χ4v) is 3.84. The summed E-state index contributed by atoms with van der Waals surface area (Å²) in [6, 6.07) is 12.3. The van der Waals surface area contributed by atoms with E-state index in [0.717, 1.165) is 34.1 Å². The Hall–Kier alpha value is -2.14. The minimum Gasteiger partial charge on any atom is -0.324 e. The van der Waals surface area contributed by atoms with Gasteiger partial charge in [0.1, 0.15) is 0 Å². The van der Waals surface area contributed by atoms with Crippen molar-refractivity contribution >= 4 is 39.1 Å². The molecule has 26 heavy (non-hydrogen) atoms. The number of carbonyl (C=O) groups excluding carboxylic acids is 2. The summed E-state index contributed by atoms with van der Waals surface area (Å²) < 4.78 is 0.909. The van der Waals surface area contributed by atoms with Gasteiger partial charge in [-0.25, -0.2) is 0 Å². The summed E-state index contributed by atoms with van der Waals surface area (Å²) in [6.45, 7) is 4.35. The lowest BCUT2D eigenvalue weighted by molar-refractivity contribution is -0.117. The number of rotatable bonds is 5. The minimum atomic E-state index is -0.0414. The molecule has 0 aromatic heterocycles. The first-order valence-corrected chi connectivity index (χ1v) is 9.75. The van der Waals surface area contributed by atoms with E-state index in [-0.39, 0.29) is 11.8 Å². The van der Waals surface area contributed by atoms with E-state index in [1.165, 1.54) is 5.56 Å². The highest BCUT2D eigenvalue weighted by molar-refractivity contribution is 9.10. The van der Waals surface area contributed by atoms with Crippen LogP contribution in [0.3, 0.4) is 0 Å². The maximum atomic E-state index is 12.5. The number of hydrogen-bond acceptors (Lipinski definition) is 2. The van der Waals surface area contributed by atoms with E-state index in [1.54, 1.807) is 11.8 Å². The second-order valence-corrected chi connectivity index (χ2v) is 7.52. The first kappa shape index (κ1) is 18.6. The predicted molar refractivity (Wildman–Crippen MR) is 109 cm³/mol. The summed E-state index contributed by atoms with van der Waals surface area (Å²) in [7, 11) is 0. The SMILES string of the molecule is CCc1ccc(CCC(=O)Nc2cc(Br)cc3c2N(C(C)=O)CC3)cc1. The van der Waals surface area contributed by atoms with Crippen LogP contribution in [-0.2, 0) is 28.9 Å². The fourth-order valence-electron chi connectivity index (χ4n) is 3.33. The van der Waals surface area contributed by atoms with Gasteiger partial charge >= 0.3 is 0 Å². The maximum Gasteiger partial charge on any atom is 0.224 e. The molecule has 2 amide bonds. The van der Waals surface area contributed by atoms with Crippen molar-refractivity contribution in [1.82, 2.24) is 0 Å². The Labute approximate surface area is 162 Å². The van der Waals surface area contributed by atoms with Crippen molar-refractivity contribution in [3.8, 4) is 0 Å². The number of aryl methyl sites for hydroxylation is 2. The van der Waals surface area contributed by atoms with E-state index in [9.17, 15) is 9.59 Å². The summed E-state index contributed by atoms with van der Waals surface area (Å²) in [4.78, 5) is 26.1. The normalized spacial score (nSPS) is 12.8. The van der Waals surface area contributed by atoms with Gasteiger partial charge in [0.2, 0.25) is 11.8 Å². The van der Waals surface area contributed by atoms with E-state index in [0.29, 0.717) is 25.1 Å². The molecule has 0 fully saturated rings. The van der Waals surface area contributed by atoms with Crippen LogP contribution in [0.25, 0.3) is 0 Å². The third kappa shape index (κ3) is 4.15. The smallest absolute Gasteiger partial charge is 0.224 e. The Morgan fingerprint density at radius 3 is 2.50 bits per heavy atom. The minimum absolute atomic E-state index is 0.00224. The van der Waals surface area contributed by atoms with Crippen molar-refractivity contribution in [2.24, 2.45) is 0 Å². The number of benzene rings is 2. The molecule has 1 heterocycles. The first-order valence-electron chi connectivity index (χ1n) is 8.96. The average molecular weight is 415 g/mol. The monoisotopic (exact) mass is 414 g/mol. The molecule has 0 saturated carbocycles. The van der Waals surface area contributed by atoms with Gasteiger partial charge in [0.15, 0.2) is 0 Å². The van der Waals surface area contributed by atoms with Crippen LogP contribution in [-0.4, -0.2) is 18.4 Å². The van der Waals surface area contributed by atoms with Crippen LogP contribution < -0.4 is 10.2 Å². The number of nitrogens with one attached hydrogen (secondary N) is 1.